The standard InChI is InChI=1S/C9H9N7O3.C5H13NO3S.C4H10N4.C4H9NO2.C4H11NO.C3H8N4.ClH/c10-15-12-5-1-4-11-6-2-3-7(16(17)18)9-8(6)13-19-14-9;1-6-4-3-5-9-10(2,7)8;1-6-3-2-4-7-8-5;1-5-3-2-4(6)7;1-5-3-2-4-6;4-2-1-3-6-7-5;/h2-3,11H,1,4-5H2;6H,3-5H2,1-2H3;6H,2-4H2,1H3;5H,2-3H2,1H3,(H,6,7);5-6H,2-4H2,1H3;1-4H2;1H. The molecule has 334 valence electrons. The number of hydrogen-bond donors (Lipinski definition) is 8. The minimum absolute atomic E-state index is 0. The van der Waals surface area contributed by atoms with Gasteiger partial charge < -0.3 is 42.5 Å². The zero-order chi connectivity index (χ0) is 44.0. The van der Waals surface area contributed by atoms with Crippen molar-refractivity contribution in [3.63, 3.8) is 0 Å². The first-order chi connectivity index (χ1) is 27.3. The summed E-state index contributed by atoms with van der Waals surface area (Å²) in [4.78, 5) is 27.7. The molecule has 0 fully saturated rings. The van der Waals surface area contributed by atoms with Crippen LogP contribution in [0.25, 0.3) is 42.4 Å². The van der Waals surface area contributed by atoms with Crippen LogP contribution in [-0.4, -0.2) is 146 Å². The van der Waals surface area contributed by atoms with E-state index in [1.807, 2.05) is 14.1 Å². The number of nitro benzene ring substituents is 1. The number of nitrogens with zero attached hydrogens (tertiary/aromatic N) is 12. The molecule has 0 aliphatic heterocycles. The van der Waals surface area contributed by atoms with E-state index in [1.165, 1.54) is 12.1 Å². The van der Waals surface area contributed by atoms with Crippen molar-refractivity contribution in [3.05, 3.63) is 53.6 Å². The van der Waals surface area contributed by atoms with Gasteiger partial charge in [-0.3, -0.25) is 19.1 Å². The molecule has 0 bridgehead atoms. The summed E-state index contributed by atoms with van der Waals surface area (Å²) in [5.74, 6) is -0.755. The van der Waals surface area contributed by atoms with Crippen molar-refractivity contribution in [2.45, 2.75) is 38.5 Å². The monoisotopic (exact) mass is 872 g/mol. The van der Waals surface area contributed by atoms with E-state index in [-0.39, 0.29) is 36.6 Å². The van der Waals surface area contributed by atoms with Gasteiger partial charge in [-0.15, -0.1) is 12.4 Å². The normalized spacial score (nSPS) is 9.36. The number of rotatable bonds is 24. The van der Waals surface area contributed by atoms with E-state index in [1.54, 1.807) is 14.1 Å². The number of carboxylic acids is 1. The van der Waals surface area contributed by atoms with Crippen LogP contribution in [0.1, 0.15) is 38.5 Å². The topological polar surface area (TPSA) is 415 Å². The number of halogens is 1. The van der Waals surface area contributed by atoms with Crippen LogP contribution in [0.15, 0.2) is 32.1 Å². The number of nitrogens with one attached hydrogen (secondary N) is 5. The number of non-ortho nitro benzene ring substituents is 1. The number of carbonyl (C=O) groups is 1. The lowest BCUT2D eigenvalue weighted by atomic mass is 10.2. The Hall–Kier alpha value is -4.82. The predicted octanol–water partition coefficient (Wildman–Crippen LogP) is 3.06. The van der Waals surface area contributed by atoms with Crippen molar-refractivity contribution >= 4 is 50.9 Å². The highest BCUT2D eigenvalue weighted by Crippen LogP contribution is 2.28. The van der Waals surface area contributed by atoms with Crippen molar-refractivity contribution in [2.75, 3.05) is 112 Å². The van der Waals surface area contributed by atoms with Gasteiger partial charge in [-0.25, -0.2) is 4.63 Å². The van der Waals surface area contributed by atoms with E-state index in [4.69, 9.17) is 32.5 Å². The molecule has 0 saturated heterocycles. The Balaban J connectivity index is -0.000000207. The fourth-order valence-corrected chi connectivity index (χ4v) is 3.51. The van der Waals surface area contributed by atoms with Crippen molar-refractivity contribution in [1.29, 1.82) is 0 Å². The molecule has 0 unspecified atom stereocenters. The van der Waals surface area contributed by atoms with Crippen LogP contribution in [0.5, 0.6) is 0 Å². The van der Waals surface area contributed by atoms with Crippen molar-refractivity contribution < 1.29 is 37.2 Å². The van der Waals surface area contributed by atoms with E-state index in [0.29, 0.717) is 69.9 Å². The van der Waals surface area contributed by atoms with Crippen LogP contribution in [0.4, 0.5) is 11.4 Å². The Morgan fingerprint density at radius 1 is 0.862 bits per heavy atom. The first-order valence-electron chi connectivity index (χ1n) is 17.4. The van der Waals surface area contributed by atoms with Gasteiger partial charge in [0.05, 0.1) is 29.9 Å². The van der Waals surface area contributed by atoms with E-state index in [0.717, 1.165) is 45.2 Å². The Morgan fingerprint density at radius 2 is 1.34 bits per heavy atom. The van der Waals surface area contributed by atoms with E-state index in [2.05, 4.69) is 75.8 Å². The van der Waals surface area contributed by atoms with Gasteiger partial charge in [0.1, 0.15) is 0 Å². The molecule has 1 aromatic carbocycles. The van der Waals surface area contributed by atoms with Gasteiger partial charge >= 0.3 is 11.7 Å². The van der Waals surface area contributed by atoms with Crippen LogP contribution in [0, 0.1) is 10.1 Å². The maximum atomic E-state index is 10.8. The van der Waals surface area contributed by atoms with Gasteiger partial charge in [0.25, 0.3) is 10.1 Å². The fraction of sp³-hybridized carbons (Fsp3) is 0.759. The molecule has 0 radical (unpaired) electrons. The van der Waals surface area contributed by atoms with Gasteiger partial charge in [0, 0.05) is 60.1 Å². The lowest BCUT2D eigenvalue weighted by Gasteiger charge is -2.04. The Labute approximate surface area is 344 Å². The first kappa shape index (κ1) is 62.4. The summed E-state index contributed by atoms with van der Waals surface area (Å²) in [7, 11) is 4.04. The SMILES string of the molecule is CNCCC(=O)O.CNCCCN=[N+]=[N-].CNCCCO.CNCCCOS(C)(=O)=O.Cl.[N-]=[N+]=NCCCN.[N-]=[N+]=NCCCNc1ccc([N+](=O)[O-])c2nonc12. The lowest BCUT2D eigenvalue weighted by Crippen LogP contribution is -2.12. The second-order valence-electron chi connectivity index (χ2n) is 10.5. The van der Waals surface area contributed by atoms with Crippen molar-refractivity contribution in [3.8, 4) is 0 Å². The van der Waals surface area contributed by atoms with Crippen LogP contribution < -0.4 is 32.3 Å². The third-order valence-corrected chi connectivity index (χ3v) is 6.32. The highest BCUT2D eigenvalue weighted by atomic mass is 35.5. The average molecular weight is 873 g/mol. The van der Waals surface area contributed by atoms with Gasteiger partial charge in [-0.05, 0) is 119 Å². The molecule has 27 nitrogen and oxygen atoms in total. The van der Waals surface area contributed by atoms with E-state index >= 15 is 0 Å². The summed E-state index contributed by atoms with van der Waals surface area (Å²) in [6, 6.07) is 2.88. The zero-order valence-electron chi connectivity index (χ0n) is 33.7. The molecular weight excluding hydrogens is 812 g/mol. The smallest absolute Gasteiger partial charge is 0.304 e. The largest absolute Gasteiger partial charge is 0.481 e. The number of aliphatic hydroxyl groups excluding tert-OH is 1. The number of azide groups is 3. The molecule has 2 aromatic rings. The minimum atomic E-state index is -3.23. The molecule has 1 heterocycles. The van der Waals surface area contributed by atoms with E-state index < -0.39 is 21.0 Å². The maximum absolute atomic E-state index is 10.8. The average Bonchev–Trinajstić information content (AvgIpc) is 3.68. The maximum Gasteiger partial charge on any atom is 0.304 e. The molecule has 0 aliphatic carbocycles. The molecule has 0 atom stereocenters. The second-order valence-corrected chi connectivity index (χ2v) is 12.1. The van der Waals surface area contributed by atoms with Crippen LogP contribution in [-0.2, 0) is 19.1 Å². The molecule has 0 amide bonds. The van der Waals surface area contributed by atoms with Crippen LogP contribution in [0.3, 0.4) is 0 Å². The molecule has 1 aromatic heterocycles. The number of aromatic nitrogens is 2. The van der Waals surface area contributed by atoms with Gasteiger partial charge in [-0.2, -0.15) is 8.42 Å². The molecular formula is C29H61ClN18O9S. The number of carboxylic acid groups (broad SMARTS) is 1. The fourth-order valence-electron chi connectivity index (χ4n) is 3.09. The Bertz CT molecular complexity index is 1530. The summed E-state index contributed by atoms with van der Waals surface area (Å²) in [6.07, 6.45) is 5.15. The Morgan fingerprint density at radius 3 is 1.76 bits per heavy atom. The van der Waals surface area contributed by atoms with Gasteiger partial charge in [0.15, 0.2) is 5.52 Å². The molecule has 9 N–H and O–H groups in total. The number of anilines is 1. The highest BCUT2D eigenvalue weighted by molar-refractivity contribution is 7.85. The predicted molar refractivity (Wildman–Crippen MR) is 224 cm³/mol. The lowest BCUT2D eigenvalue weighted by molar-refractivity contribution is -0.383. The summed E-state index contributed by atoms with van der Waals surface area (Å²) in [6.45, 7) is 6.33. The Kier molecular flexibility index (Phi) is 52.0. The minimum Gasteiger partial charge on any atom is -0.481 e. The molecule has 0 spiro atoms. The summed E-state index contributed by atoms with van der Waals surface area (Å²) >= 11 is 0. The van der Waals surface area contributed by atoms with E-state index in [9.17, 15) is 23.3 Å². The third kappa shape index (κ3) is 47.3. The second kappa shape index (κ2) is 48.3. The highest BCUT2D eigenvalue weighted by Gasteiger charge is 2.19. The van der Waals surface area contributed by atoms with Gasteiger partial charge in [0.2, 0.25) is 5.52 Å². The molecule has 58 heavy (non-hydrogen) atoms. The van der Waals surface area contributed by atoms with Crippen molar-refractivity contribution in [1.82, 2.24) is 31.6 Å². The molecule has 2 rings (SSSR count). The number of aliphatic carboxylic acids is 1. The molecule has 0 saturated carbocycles. The molecule has 0 aliphatic rings. The zero-order valence-corrected chi connectivity index (χ0v) is 35.3. The van der Waals surface area contributed by atoms with Crippen molar-refractivity contribution in [2.24, 2.45) is 21.1 Å². The number of nitrogens with two attached hydrogens (primary N) is 1. The number of fused-ring (bicyclic) bond motifs is 1. The summed E-state index contributed by atoms with van der Waals surface area (Å²) < 4.78 is 29.7. The number of nitro groups is 1. The summed E-state index contributed by atoms with van der Waals surface area (Å²) in [5.41, 5.74) is 29.6. The number of hydrogen-bond acceptors (Lipinski definition) is 19. The summed E-state index contributed by atoms with van der Waals surface area (Å²) in [5, 5.41) is 58.6. The molecule has 29 heteroatoms. The number of aliphatic hydroxyl groups is 1. The third-order valence-electron chi connectivity index (χ3n) is 5.72. The van der Waals surface area contributed by atoms with Crippen LogP contribution in [0.2, 0.25) is 0 Å². The number of benzene rings is 1. The first-order valence-corrected chi connectivity index (χ1v) is 19.2. The quantitative estimate of drug-likeness (QED) is 0.0143. The van der Waals surface area contributed by atoms with Crippen LogP contribution >= 0.6 is 12.4 Å². The van der Waals surface area contributed by atoms with Gasteiger partial charge in [-0.1, -0.05) is 15.3 Å².